The van der Waals surface area contributed by atoms with E-state index in [0.29, 0.717) is 5.92 Å². The van der Waals surface area contributed by atoms with Crippen LogP contribution in [0.1, 0.15) is 31.2 Å². The Morgan fingerprint density at radius 2 is 1.95 bits per heavy atom. The summed E-state index contributed by atoms with van der Waals surface area (Å²) < 4.78 is 0. The largest absolute Gasteiger partial charge is 0.359 e. The summed E-state index contributed by atoms with van der Waals surface area (Å²) in [6.07, 6.45) is 2.36. The lowest BCUT2D eigenvalue weighted by Gasteiger charge is -2.34. The molecule has 2 rings (SSSR count). The Balaban J connectivity index is 1.82. The predicted molar refractivity (Wildman–Crippen MR) is 85.4 cm³/mol. The van der Waals surface area contributed by atoms with Crippen LogP contribution in [0.15, 0.2) is 42.5 Å². The highest BCUT2D eigenvalue weighted by Crippen LogP contribution is 2.27. The second-order valence-electron chi connectivity index (χ2n) is 5.29. The van der Waals surface area contributed by atoms with Gasteiger partial charge in [-0.1, -0.05) is 42.5 Å². The highest BCUT2D eigenvalue weighted by molar-refractivity contribution is 7.80. The fourth-order valence-electron chi connectivity index (χ4n) is 2.48. The van der Waals surface area contributed by atoms with Crippen molar-refractivity contribution in [2.45, 2.75) is 25.7 Å². The molecule has 1 aliphatic heterocycles. The van der Waals surface area contributed by atoms with E-state index in [4.69, 9.17) is 12.2 Å². The molecular formula is C16H22N2S. The molecule has 19 heavy (non-hydrogen) atoms. The predicted octanol–water partition coefficient (Wildman–Crippen LogP) is 3.32. The molecule has 1 saturated heterocycles. The summed E-state index contributed by atoms with van der Waals surface area (Å²) in [5, 5.41) is 4.13. The van der Waals surface area contributed by atoms with Crippen LogP contribution < -0.4 is 5.32 Å². The van der Waals surface area contributed by atoms with Crippen LogP contribution in [0.25, 0.3) is 0 Å². The van der Waals surface area contributed by atoms with Crippen LogP contribution in [0.4, 0.5) is 0 Å². The number of piperidine rings is 1. The number of nitrogens with one attached hydrogen (secondary N) is 1. The van der Waals surface area contributed by atoms with Gasteiger partial charge in [0.05, 0.1) is 0 Å². The van der Waals surface area contributed by atoms with Crippen LogP contribution in [-0.2, 0) is 0 Å². The van der Waals surface area contributed by atoms with Crippen molar-refractivity contribution in [3.63, 3.8) is 0 Å². The summed E-state index contributed by atoms with van der Waals surface area (Å²) in [4.78, 5) is 2.28. The van der Waals surface area contributed by atoms with Gasteiger partial charge in [-0.15, -0.1) is 0 Å². The molecule has 1 fully saturated rings. The highest BCUT2D eigenvalue weighted by atomic mass is 32.1. The van der Waals surface area contributed by atoms with Crippen LogP contribution in [0.3, 0.4) is 0 Å². The van der Waals surface area contributed by atoms with Gasteiger partial charge < -0.3 is 10.2 Å². The van der Waals surface area contributed by atoms with Gasteiger partial charge in [0.1, 0.15) is 0 Å². The van der Waals surface area contributed by atoms with Gasteiger partial charge in [-0.2, -0.15) is 0 Å². The van der Waals surface area contributed by atoms with E-state index in [1.54, 1.807) is 0 Å². The smallest absolute Gasteiger partial charge is 0.169 e. The molecule has 0 bridgehead atoms. The number of likely N-dealkylation sites (tertiary alicyclic amines) is 1. The Bertz CT molecular complexity index is 433. The van der Waals surface area contributed by atoms with Crippen molar-refractivity contribution in [2.75, 3.05) is 19.6 Å². The fraction of sp³-hybridized carbons (Fsp3) is 0.438. The number of rotatable bonds is 3. The Labute approximate surface area is 121 Å². The molecule has 0 radical (unpaired) electrons. The fourth-order valence-corrected chi connectivity index (χ4v) is 2.73. The van der Waals surface area contributed by atoms with E-state index < -0.39 is 0 Å². The Hall–Kier alpha value is -1.35. The van der Waals surface area contributed by atoms with E-state index in [0.717, 1.165) is 30.3 Å². The van der Waals surface area contributed by atoms with Crippen molar-refractivity contribution in [3.8, 4) is 0 Å². The van der Waals surface area contributed by atoms with Crippen molar-refractivity contribution < 1.29 is 0 Å². The van der Waals surface area contributed by atoms with Gasteiger partial charge >= 0.3 is 0 Å². The third-order valence-electron chi connectivity index (χ3n) is 3.59. The second kappa shape index (κ2) is 6.71. The first-order valence-electron chi connectivity index (χ1n) is 6.89. The summed E-state index contributed by atoms with van der Waals surface area (Å²) >= 11 is 5.42. The standard InChI is InChI=1S/C16H22N2S/c1-13(2)12-17-16(19)18-10-8-15(9-11-18)14-6-4-3-5-7-14/h3-7,15H,1,8-12H2,2H3,(H,17,19). The minimum absolute atomic E-state index is 0.682. The van der Waals surface area contributed by atoms with E-state index in [1.165, 1.54) is 18.4 Å². The zero-order valence-corrected chi connectivity index (χ0v) is 12.4. The van der Waals surface area contributed by atoms with Gasteiger partial charge in [-0.3, -0.25) is 0 Å². The molecule has 3 heteroatoms. The molecule has 0 amide bonds. The number of benzene rings is 1. The first-order valence-corrected chi connectivity index (χ1v) is 7.29. The van der Waals surface area contributed by atoms with Gasteiger partial charge in [0.2, 0.25) is 0 Å². The molecule has 1 aromatic carbocycles. The highest BCUT2D eigenvalue weighted by Gasteiger charge is 2.21. The third-order valence-corrected chi connectivity index (χ3v) is 4.00. The van der Waals surface area contributed by atoms with Gasteiger partial charge in [-0.25, -0.2) is 0 Å². The second-order valence-corrected chi connectivity index (χ2v) is 5.67. The minimum atomic E-state index is 0.682. The topological polar surface area (TPSA) is 15.3 Å². The maximum absolute atomic E-state index is 5.42. The van der Waals surface area contributed by atoms with Crippen molar-refractivity contribution in [3.05, 3.63) is 48.0 Å². The Kier molecular flexibility index (Phi) is 4.97. The third kappa shape index (κ3) is 4.06. The van der Waals surface area contributed by atoms with Crippen LogP contribution in [0.5, 0.6) is 0 Å². The summed E-state index contributed by atoms with van der Waals surface area (Å²) in [5.41, 5.74) is 2.57. The zero-order valence-electron chi connectivity index (χ0n) is 11.6. The van der Waals surface area contributed by atoms with E-state index in [9.17, 15) is 0 Å². The van der Waals surface area contributed by atoms with E-state index in [2.05, 4.69) is 47.1 Å². The van der Waals surface area contributed by atoms with Gasteiger partial charge in [-0.05, 0) is 43.5 Å². The first-order chi connectivity index (χ1) is 9.16. The van der Waals surface area contributed by atoms with E-state index in [-0.39, 0.29) is 0 Å². The van der Waals surface area contributed by atoms with E-state index in [1.807, 2.05) is 6.92 Å². The Morgan fingerprint density at radius 1 is 1.32 bits per heavy atom. The van der Waals surface area contributed by atoms with Crippen LogP contribution >= 0.6 is 12.2 Å². The van der Waals surface area contributed by atoms with Crippen LogP contribution in [0.2, 0.25) is 0 Å². The van der Waals surface area contributed by atoms with Crippen molar-refractivity contribution in [2.24, 2.45) is 0 Å². The van der Waals surface area contributed by atoms with Crippen LogP contribution in [0, 0.1) is 0 Å². The quantitative estimate of drug-likeness (QED) is 0.672. The zero-order chi connectivity index (χ0) is 13.7. The summed E-state index contributed by atoms with van der Waals surface area (Å²) in [6.45, 7) is 8.76. The lowest BCUT2D eigenvalue weighted by molar-refractivity contribution is 0.310. The minimum Gasteiger partial charge on any atom is -0.359 e. The molecule has 0 aromatic heterocycles. The summed E-state index contributed by atoms with van der Waals surface area (Å²) in [7, 11) is 0. The van der Waals surface area contributed by atoms with Gasteiger partial charge in [0.25, 0.3) is 0 Å². The maximum atomic E-state index is 5.42. The molecule has 1 aliphatic rings. The van der Waals surface area contributed by atoms with Crippen molar-refractivity contribution >= 4 is 17.3 Å². The van der Waals surface area contributed by atoms with E-state index >= 15 is 0 Å². The lowest BCUT2D eigenvalue weighted by Crippen LogP contribution is -2.44. The van der Waals surface area contributed by atoms with Gasteiger partial charge in [0.15, 0.2) is 5.11 Å². The molecule has 0 aliphatic carbocycles. The lowest BCUT2D eigenvalue weighted by atomic mass is 9.90. The van der Waals surface area contributed by atoms with Gasteiger partial charge in [0, 0.05) is 19.6 Å². The number of nitrogens with zero attached hydrogens (tertiary/aromatic N) is 1. The monoisotopic (exact) mass is 274 g/mol. The normalized spacial score (nSPS) is 16.2. The molecule has 2 nitrogen and oxygen atoms in total. The summed E-state index contributed by atoms with van der Waals surface area (Å²) in [6, 6.07) is 10.8. The average Bonchev–Trinajstić information content (AvgIpc) is 2.46. The Morgan fingerprint density at radius 3 is 2.53 bits per heavy atom. The molecule has 0 atom stereocenters. The van der Waals surface area contributed by atoms with Crippen molar-refractivity contribution in [1.82, 2.24) is 10.2 Å². The molecule has 0 spiro atoms. The maximum Gasteiger partial charge on any atom is 0.169 e. The number of hydrogen-bond acceptors (Lipinski definition) is 1. The number of hydrogen-bond donors (Lipinski definition) is 1. The molecule has 1 aromatic rings. The molecule has 1 heterocycles. The molecule has 1 N–H and O–H groups in total. The van der Waals surface area contributed by atoms with Crippen LogP contribution in [-0.4, -0.2) is 29.6 Å². The first kappa shape index (κ1) is 14.1. The molecule has 102 valence electrons. The number of thiocarbonyl (C=S) groups is 1. The molecule has 0 saturated carbocycles. The SMILES string of the molecule is C=C(C)CNC(=S)N1CCC(c2ccccc2)CC1. The average molecular weight is 274 g/mol. The molecular weight excluding hydrogens is 252 g/mol. The van der Waals surface area contributed by atoms with Crippen molar-refractivity contribution in [1.29, 1.82) is 0 Å². The molecule has 0 unspecified atom stereocenters. The summed E-state index contributed by atoms with van der Waals surface area (Å²) in [5.74, 6) is 0.682.